The molecule has 1 saturated heterocycles. The minimum atomic E-state index is -0.652. The van der Waals surface area contributed by atoms with Crippen LogP contribution in [-0.2, 0) is 22.7 Å². The summed E-state index contributed by atoms with van der Waals surface area (Å²) in [6.45, 7) is 2.28. The summed E-state index contributed by atoms with van der Waals surface area (Å²) < 4.78 is 5.11. The van der Waals surface area contributed by atoms with E-state index in [1.807, 2.05) is 0 Å². The van der Waals surface area contributed by atoms with Crippen LogP contribution in [0.15, 0.2) is 24.3 Å². The summed E-state index contributed by atoms with van der Waals surface area (Å²) >= 11 is 0. The molecule has 2 fully saturated rings. The third-order valence-corrected chi connectivity index (χ3v) is 4.96. The highest BCUT2D eigenvalue weighted by Crippen LogP contribution is 2.42. The van der Waals surface area contributed by atoms with Gasteiger partial charge in [-0.05, 0) is 35.8 Å². The number of hydrogen-bond donors (Lipinski definition) is 1. The van der Waals surface area contributed by atoms with Crippen LogP contribution in [0, 0.1) is 11.8 Å². The van der Waals surface area contributed by atoms with Crippen LogP contribution in [0.1, 0.15) is 30.4 Å². The number of methoxy groups -OCH3 is 1. The predicted molar refractivity (Wildman–Crippen MR) is 79.8 cm³/mol. The Labute approximate surface area is 125 Å². The van der Waals surface area contributed by atoms with Crippen LogP contribution >= 0.6 is 0 Å². The molecule has 1 aliphatic heterocycles. The third kappa shape index (κ3) is 2.97. The largest absolute Gasteiger partial charge is 0.480 e. The summed E-state index contributed by atoms with van der Waals surface area (Å²) in [6.07, 6.45) is 3.46. The van der Waals surface area contributed by atoms with E-state index in [-0.39, 0.29) is 6.04 Å². The van der Waals surface area contributed by atoms with Crippen LogP contribution in [0.25, 0.3) is 0 Å². The van der Waals surface area contributed by atoms with Crippen LogP contribution in [0.2, 0.25) is 0 Å². The van der Waals surface area contributed by atoms with Crippen LogP contribution in [0.3, 0.4) is 0 Å². The lowest BCUT2D eigenvalue weighted by Crippen LogP contribution is -2.39. The fraction of sp³-hybridized carbons (Fsp3) is 0.588. The van der Waals surface area contributed by atoms with Gasteiger partial charge in [0.1, 0.15) is 6.04 Å². The van der Waals surface area contributed by atoms with E-state index in [1.54, 1.807) is 7.11 Å². The third-order valence-electron chi connectivity index (χ3n) is 4.96. The number of carboxylic acid groups (broad SMARTS) is 1. The minimum absolute atomic E-state index is 0.295. The van der Waals surface area contributed by atoms with E-state index in [9.17, 15) is 9.90 Å². The molecule has 21 heavy (non-hydrogen) atoms. The second kappa shape index (κ2) is 6.16. The summed E-state index contributed by atoms with van der Waals surface area (Å²) in [6, 6.07) is 8.00. The first kappa shape index (κ1) is 14.5. The Balaban J connectivity index is 1.70. The van der Waals surface area contributed by atoms with Gasteiger partial charge < -0.3 is 9.84 Å². The monoisotopic (exact) mass is 289 g/mol. The molecule has 0 amide bonds. The molecule has 2 aliphatic rings. The van der Waals surface area contributed by atoms with Gasteiger partial charge in [0.15, 0.2) is 0 Å². The molecule has 1 heterocycles. The maximum absolute atomic E-state index is 11.6. The number of benzene rings is 1. The minimum Gasteiger partial charge on any atom is -0.480 e. The fourth-order valence-corrected chi connectivity index (χ4v) is 4.04. The average Bonchev–Trinajstić information content (AvgIpc) is 3.01. The number of aliphatic carboxylic acids is 1. The van der Waals surface area contributed by atoms with E-state index in [4.69, 9.17) is 4.74 Å². The Morgan fingerprint density at radius 3 is 2.67 bits per heavy atom. The number of carboxylic acids is 1. The molecule has 4 nitrogen and oxygen atoms in total. The van der Waals surface area contributed by atoms with Crippen molar-refractivity contribution in [3.63, 3.8) is 0 Å². The van der Waals surface area contributed by atoms with Crippen molar-refractivity contribution in [3.05, 3.63) is 35.4 Å². The molecule has 1 aromatic rings. The zero-order valence-corrected chi connectivity index (χ0v) is 12.5. The number of likely N-dealkylation sites (tertiary alicyclic amines) is 1. The molecule has 0 bridgehead atoms. The van der Waals surface area contributed by atoms with Crippen LogP contribution in [0.4, 0.5) is 0 Å². The number of nitrogens with zero attached hydrogens (tertiary/aromatic N) is 1. The quantitative estimate of drug-likeness (QED) is 0.905. The molecule has 1 aromatic carbocycles. The zero-order chi connectivity index (χ0) is 14.8. The van der Waals surface area contributed by atoms with Crippen molar-refractivity contribution in [2.45, 2.75) is 38.5 Å². The van der Waals surface area contributed by atoms with E-state index in [2.05, 4.69) is 29.2 Å². The molecular weight excluding hydrogens is 266 g/mol. The van der Waals surface area contributed by atoms with E-state index in [0.717, 1.165) is 25.1 Å². The standard InChI is InChI=1S/C17H23NO3/c1-21-11-13-7-5-12(6-8-13)9-18-10-14-3-2-4-15(14)16(18)17(19)20/h5-8,14-16H,2-4,9-11H2,1H3,(H,19,20). The van der Waals surface area contributed by atoms with E-state index in [0.29, 0.717) is 18.4 Å². The summed E-state index contributed by atoms with van der Waals surface area (Å²) in [4.78, 5) is 13.8. The fourth-order valence-electron chi connectivity index (χ4n) is 4.04. The van der Waals surface area contributed by atoms with E-state index in [1.165, 1.54) is 18.4 Å². The van der Waals surface area contributed by atoms with Gasteiger partial charge in [-0.15, -0.1) is 0 Å². The predicted octanol–water partition coefficient (Wildman–Crippen LogP) is 2.52. The highest BCUT2D eigenvalue weighted by molar-refractivity contribution is 5.74. The second-order valence-corrected chi connectivity index (χ2v) is 6.32. The highest BCUT2D eigenvalue weighted by Gasteiger charge is 2.47. The molecule has 0 radical (unpaired) electrons. The van der Waals surface area contributed by atoms with Crippen molar-refractivity contribution < 1.29 is 14.6 Å². The van der Waals surface area contributed by atoms with Gasteiger partial charge >= 0.3 is 5.97 Å². The van der Waals surface area contributed by atoms with Gasteiger partial charge in [-0.25, -0.2) is 0 Å². The lowest BCUT2D eigenvalue weighted by Gasteiger charge is -2.24. The Morgan fingerprint density at radius 2 is 2.00 bits per heavy atom. The number of hydrogen-bond acceptors (Lipinski definition) is 3. The SMILES string of the molecule is COCc1ccc(CN2CC3CCCC3C2C(=O)O)cc1. The second-order valence-electron chi connectivity index (χ2n) is 6.32. The van der Waals surface area contributed by atoms with Gasteiger partial charge in [-0.1, -0.05) is 30.7 Å². The molecule has 0 aromatic heterocycles. The topological polar surface area (TPSA) is 49.8 Å². The summed E-state index contributed by atoms with van der Waals surface area (Å²) in [7, 11) is 1.69. The summed E-state index contributed by atoms with van der Waals surface area (Å²) in [5.74, 6) is 0.287. The zero-order valence-electron chi connectivity index (χ0n) is 12.5. The van der Waals surface area contributed by atoms with Crippen molar-refractivity contribution in [1.29, 1.82) is 0 Å². The van der Waals surface area contributed by atoms with Crippen LogP contribution < -0.4 is 0 Å². The van der Waals surface area contributed by atoms with Gasteiger partial charge in [-0.2, -0.15) is 0 Å². The Hall–Kier alpha value is -1.39. The Kier molecular flexibility index (Phi) is 4.27. The van der Waals surface area contributed by atoms with Crippen molar-refractivity contribution in [2.24, 2.45) is 11.8 Å². The normalized spacial score (nSPS) is 28.7. The number of carbonyl (C=O) groups is 1. The molecule has 3 rings (SSSR count). The Bertz CT molecular complexity index is 499. The molecule has 3 unspecified atom stereocenters. The molecule has 1 saturated carbocycles. The van der Waals surface area contributed by atoms with Crippen molar-refractivity contribution in [1.82, 2.24) is 4.90 Å². The van der Waals surface area contributed by atoms with Crippen LogP contribution in [0.5, 0.6) is 0 Å². The van der Waals surface area contributed by atoms with Crippen molar-refractivity contribution in [2.75, 3.05) is 13.7 Å². The first-order valence-corrected chi connectivity index (χ1v) is 7.72. The van der Waals surface area contributed by atoms with Crippen molar-refractivity contribution in [3.8, 4) is 0 Å². The first-order valence-electron chi connectivity index (χ1n) is 7.72. The van der Waals surface area contributed by atoms with Crippen LogP contribution in [-0.4, -0.2) is 35.7 Å². The van der Waals surface area contributed by atoms with E-state index >= 15 is 0 Å². The van der Waals surface area contributed by atoms with Gasteiger partial charge in [0.25, 0.3) is 0 Å². The maximum atomic E-state index is 11.6. The number of fused-ring (bicyclic) bond motifs is 1. The van der Waals surface area contributed by atoms with Gasteiger partial charge in [0.2, 0.25) is 0 Å². The summed E-state index contributed by atoms with van der Waals surface area (Å²) in [5, 5.41) is 9.56. The molecule has 114 valence electrons. The molecule has 1 aliphatic carbocycles. The lowest BCUT2D eigenvalue weighted by molar-refractivity contribution is -0.143. The average molecular weight is 289 g/mol. The van der Waals surface area contributed by atoms with E-state index < -0.39 is 5.97 Å². The molecule has 3 atom stereocenters. The highest BCUT2D eigenvalue weighted by atomic mass is 16.5. The molecule has 4 heteroatoms. The molecule has 1 N–H and O–H groups in total. The van der Waals surface area contributed by atoms with Gasteiger partial charge in [0, 0.05) is 20.2 Å². The molecule has 0 spiro atoms. The Morgan fingerprint density at radius 1 is 1.29 bits per heavy atom. The summed E-state index contributed by atoms with van der Waals surface area (Å²) in [5.41, 5.74) is 2.33. The number of ether oxygens (including phenoxy) is 1. The first-order chi connectivity index (χ1) is 10.2. The van der Waals surface area contributed by atoms with Crippen molar-refractivity contribution >= 4 is 5.97 Å². The lowest BCUT2D eigenvalue weighted by atomic mass is 9.94. The van der Waals surface area contributed by atoms with Gasteiger partial charge in [-0.3, -0.25) is 9.69 Å². The smallest absolute Gasteiger partial charge is 0.321 e. The maximum Gasteiger partial charge on any atom is 0.321 e. The van der Waals surface area contributed by atoms with Gasteiger partial charge in [0.05, 0.1) is 6.61 Å². The number of rotatable bonds is 5. The molecular formula is C17H23NO3.